The van der Waals surface area contributed by atoms with Crippen LogP contribution in [0.25, 0.3) is 61.7 Å². The van der Waals surface area contributed by atoms with Crippen molar-refractivity contribution >= 4 is 17.1 Å². The highest BCUT2D eigenvalue weighted by Gasteiger charge is 2.18. The molecule has 6 nitrogen and oxygen atoms in total. The predicted molar refractivity (Wildman–Crippen MR) is 253 cm³/mol. The van der Waals surface area contributed by atoms with Gasteiger partial charge in [0.05, 0.1) is 29.3 Å². The van der Waals surface area contributed by atoms with Gasteiger partial charge in [0, 0.05) is 58.3 Å². The maximum Gasteiger partial charge on any atom is 0.155 e. The first-order valence-corrected chi connectivity index (χ1v) is 20.3. The van der Waals surface area contributed by atoms with Gasteiger partial charge in [-0.05, 0) is 108 Å². The zero-order chi connectivity index (χ0) is 41.8. The third-order valence-corrected chi connectivity index (χ3v) is 10.4. The highest BCUT2D eigenvalue weighted by atomic mass is 14.9. The molecule has 4 aromatic heterocycles. The predicted octanol–water partition coefficient (Wildman–Crippen LogP) is 13.2. The number of rotatable bonds is 12. The molecule has 0 N–H and O–H groups in total. The average Bonchev–Trinajstić information content (AvgIpc) is 3.34. The highest BCUT2D eigenvalue weighted by Crippen LogP contribution is 2.35. The quantitative estimate of drug-likeness (QED) is 0.0702. The number of pyridine rings is 4. The van der Waals surface area contributed by atoms with Gasteiger partial charge in [-0.25, -0.2) is 4.99 Å². The van der Waals surface area contributed by atoms with Crippen molar-refractivity contribution in [2.75, 3.05) is 0 Å². The fourth-order valence-corrected chi connectivity index (χ4v) is 7.46. The van der Waals surface area contributed by atoms with E-state index < -0.39 is 0 Å². The monoisotopic (exact) mass is 788 g/mol. The molecule has 294 valence electrons. The molecule has 0 atom stereocenters. The number of aliphatic imine (C=N–C) groups is 2. The Balaban J connectivity index is 1.19. The van der Waals surface area contributed by atoms with Crippen LogP contribution in [0.5, 0.6) is 0 Å². The molecule has 0 aliphatic rings. The maximum absolute atomic E-state index is 5.36. The molecule has 8 rings (SSSR count). The number of hydrogen-bond donors (Lipinski definition) is 0. The van der Waals surface area contributed by atoms with Crippen molar-refractivity contribution in [3.8, 4) is 56.2 Å². The summed E-state index contributed by atoms with van der Waals surface area (Å²) in [6.07, 6.45) is 13.2. The van der Waals surface area contributed by atoms with Crippen LogP contribution in [0.1, 0.15) is 30.5 Å². The highest BCUT2D eigenvalue weighted by molar-refractivity contribution is 6.18. The van der Waals surface area contributed by atoms with E-state index in [1.807, 2.05) is 111 Å². The molecule has 8 aromatic rings. The van der Waals surface area contributed by atoms with E-state index in [2.05, 4.69) is 120 Å². The van der Waals surface area contributed by atoms with Crippen LogP contribution in [0.15, 0.2) is 229 Å². The minimum atomic E-state index is 0.386. The summed E-state index contributed by atoms with van der Waals surface area (Å²) in [7, 11) is 0. The van der Waals surface area contributed by atoms with Gasteiger partial charge in [0.1, 0.15) is 0 Å². The van der Waals surface area contributed by atoms with Crippen molar-refractivity contribution in [2.45, 2.75) is 20.4 Å². The van der Waals surface area contributed by atoms with E-state index in [0.717, 1.165) is 89.7 Å². The van der Waals surface area contributed by atoms with E-state index in [1.54, 1.807) is 6.08 Å². The number of allylic oxidation sites excluding steroid dienone is 3. The maximum atomic E-state index is 5.36. The number of amidine groups is 1. The fourth-order valence-electron chi connectivity index (χ4n) is 7.46. The van der Waals surface area contributed by atoms with Gasteiger partial charge in [-0.3, -0.25) is 24.9 Å². The van der Waals surface area contributed by atoms with Crippen LogP contribution in [-0.4, -0.2) is 31.5 Å². The van der Waals surface area contributed by atoms with Crippen molar-refractivity contribution in [2.24, 2.45) is 9.98 Å². The number of nitrogens with zero attached hydrogens (tertiary/aromatic N) is 6. The van der Waals surface area contributed by atoms with Crippen LogP contribution in [0.3, 0.4) is 0 Å². The third-order valence-electron chi connectivity index (χ3n) is 10.4. The lowest BCUT2D eigenvalue weighted by atomic mass is 9.93. The number of aromatic nitrogens is 4. The zero-order valence-electron chi connectivity index (χ0n) is 34.2. The molecule has 0 spiro atoms. The summed E-state index contributed by atoms with van der Waals surface area (Å²) in [5.74, 6) is 0.601. The topological polar surface area (TPSA) is 76.3 Å². The first-order valence-electron chi connectivity index (χ1n) is 20.3. The lowest BCUT2D eigenvalue weighted by Gasteiger charge is -2.16. The molecular weight excluding hydrogens is 745 g/mol. The molecule has 61 heavy (non-hydrogen) atoms. The van der Waals surface area contributed by atoms with Crippen LogP contribution < -0.4 is 0 Å². The first-order chi connectivity index (χ1) is 30.1. The Bertz CT molecular complexity index is 2910. The SMILES string of the molecule is C=C/C=C(C(=NCc1ccccc1-c1cccc(-c2ncccc2-c2ccccn2)c1)N=C(C)c1ccccc1)\C(=C/C)c1cccc(-c2ncccc2-c2ccccn2)c1. The van der Waals surface area contributed by atoms with Gasteiger partial charge in [-0.15, -0.1) is 0 Å². The van der Waals surface area contributed by atoms with Gasteiger partial charge in [0.2, 0.25) is 0 Å². The van der Waals surface area contributed by atoms with Gasteiger partial charge in [0.15, 0.2) is 5.84 Å². The van der Waals surface area contributed by atoms with Crippen LogP contribution in [0, 0.1) is 0 Å². The summed E-state index contributed by atoms with van der Waals surface area (Å²) < 4.78 is 0. The van der Waals surface area contributed by atoms with Crippen molar-refractivity contribution < 1.29 is 0 Å². The lowest BCUT2D eigenvalue weighted by Crippen LogP contribution is -2.08. The molecule has 0 radical (unpaired) electrons. The van der Waals surface area contributed by atoms with Gasteiger partial charge >= 0.3 is 0 Å². The van der Waals surface area contributed by atoms with E-state index >= 15 is 0 Å². The Morgan fingerprint density at radius 2 is 1.10 bits per heavy atom. The minimum absolute atomic E-state index is 0.386. The molecule has 4 heterocycles. The molecule has 0 fully saturated rings. The van der Waals surface area contributed by atoms with E-state index in [1.165, 1.54) is 0 Å². The standard InChI is InChI=1S/C55H44N6/c1-4-19-48(46(5-2)41-23-15-25-43(36-41)53-49(28-17-34-58-53)51-30-11-13-32-56-51)55(61-39(3)40-20-7-6-8-21-40)60-38-45-22-9-10-27-47(45)42-24-16-26-44(37-42)54-50(29-18-35-59-54)52-31-12-14-33-57-52/h4-37H,1,38H2,2-3H3/b46-5-,48-19+,60-55?,61-39?. The fraction of sp³-hybridized carbons (Fsp3) is 0.0545. The molecule has 0 aliphatic carbocycles. The Kier molecular flexibility index (Phi) is 12.5. The van der Waals surface area contributed by atoms with Gasteiger partial charge in [-0.1, -0.05) is 128 Å². The van der Waals surface area contributed by atoms with Crippen LogP contribution >= 0.6 is 0 Å². The first kappa shape index (κ1) is 39.8. The molecule has 6 heteroatoms. The molecule has 0 amide bonds. The summed E-state index contributed by atoms with van der Waals surface area (Å²) in [5, 5.41) is 0. The molecule has 0 aliphatic heterocycles. The molecule has 0 saturated heterocycles. The summed E-state index contributed by atoms with van der Waals surface area (Å²) in [6.45, 7) is 8.60. The zero-order valence-corrected chi connectivity index (χ0v) is 34.2. The van der Waals surface area contributed by atoms with Crippen LogP contribution in [0.2, 0.25) is 0 Å². The van der Waals surface area contributed by atoms with E-state index in [-0.39, 0.29) is 0 Å². The summed E-state index contributed by atoms with van der Waals surface area (Å²) in [5.41, 5.74) is 15.3. The van der Waals surface area contributed by atoms with E-state index in [0.29, 0.717) is 12.4 Å². The summed E-state index contributed by atoms with van der Waals surface area (Å²) >= 11 is 0. The number of benzene rings is 4. The van der Waals surface area contributed by atoms with Crippen molar-refractivity contribution in [3.63, 3.8) is 0 Å². The Morgan fingerprint density at radius 1 is 0.541 bits per heavy atom. The normalized spacial score (nSPS) is 12.3. The third kappa shape index (κ3) is 9.20. The van der Waals surface area contributed by atoms with Crippen LogP contribution in [-0.2, 0) is 6.54 Å². The van der Waals surface area contributed by atoms with Gasteiger partial charge in [-0.2, -0.15) is 0 Å². The summed E-state index contributed by atoms with van der Waals surface area (Å²) in [4.78, 5) is 29.5. The average molecular weight is 789 g/mol. The second kappa shape index (κ2) is 19.2. The second-order valence-electron chi connectivity index (χ2n) is 14.3. The van der Waals surface area contributed by atoms with Crippen LogP contribution in [0.4, 0.5) is 0 Å². The van der Waals surface area contributed by atoms with Crippen molar-refractivity contribution in [1.29, 1.82) is 0 Å². The number of hydrogen-bond acceptors (Lipinski definition) is 5. The van der Waals surface area contributed by atoms with Gasteiger partial charge < -0.3 is 0 Å². The van der Waals surface area contributed by atoms with Gasteiger partial charge in [0.25, 0.3) is 0 Å². The molecule has 4 aromatic carbocycles. The molecule has 0 unspecified atom stereocenters. The minimum Gasteiger partial charge on any atom is -0.261 e. The van der Waals surface area contributed by atoms with E-state index in [4.69, 9.17) is 20.0 Å². The second-order valence-corrected chi connectivity index (χ2v) is 14.3. The Morgan fingerprint density at radius 3 is 1.74 bits per heavy atom. The molecular formula is C55H44N6. The Hall–Kier alpha value is -7.96. The van der Waals surface area contributed by atoms with Crippen molar-refractivity contribution in [3.05, 3.63) is 236 Å². The summed E-state index contributed by atoms with van der Waals surface area (Å²) in [6, 6.07) is 55.5. The lowest BCUT2D eigenvalue weighted by molar-refractivity contribution is 1.06. The van der Waals surface area contributed by atoms with Crippen molar-refractivity contribution in [1.82, 2.24) is 19.9 Å². The van der Waals surface area contributed by atoms with E-state index in [9.17, 15) is 0 Å². The Labute approximate surface area is 357 Å². The molecule has 0 saturated carbocycles. The largest absolute Gasteiger partial charge is 0.261 e. The molecule has 0 bridgehead atoms. The smallest absolute Gasteiger partial charge is 0.155 e.